The zero-order chi connectivity index (χ0) is 10.8. The molecule has 0 bridgehead atoms. The van der Waals surface area contributed by atoms with Gasteiger partial charge in [-0.05, 0) is 18.4 Å². The van der Waals surface area contributed by atoms with Crippen LogP contribution in [0.3, 0.4) is 0 Å². The second-order valence-corrected chi connectivity index (χ2v) is 4.79. The molecule has 0 atom stereocenters. The van der Waals surface area contributed by atoms with Crippen LogP contribution >= 0.6 is 0 Å². The minimum atomic E-state index is 0.729. The van der Waals surface area contributed by atoms with Gasteiger partial charge in [0.05, 0.1) is 0 Å². The lowest BCUT2D eigenvalue weighted by atomic mass is 9.82. The Morgan fingerprint density at radius 3 is 3.12 bits per heavy atom. The number of fused-ring (bicyclic) bond motifs is 1. The number of nitrogens with one attached hydrogen (secondary N) is 1. The summed E-state index contributed by atoms with van der Waals surface area (Å²) < 4.78 is 5.65. The Labute approximate surface area is 96.2 Å². The van der Waals surface area contributed by atoms with Crippen molar-refractivity contribution in [2.45, 2.75) is 32.2 Å². The molecule has 3 rings (SSSR count). The third kappa shape index (κ3) is 2.05. The molecule has 1 aromatic rings. The molecule has 2 aliphatic rings. The van der Waals surface area contributed by atoms with Gasteiger partial charge in [0.2, 0.25) is 5.88 Å². The average Bonchev–Trinajstić information content (AvgIpc) is 2.48. The average molecular weight is 218 g/mol. The Balaban J connectivity index is 1.77. The Bertz CT molecular complexity index is 374. The van der Waals surface area contributed by atoms with E-state index in [2.05, 4.69) is 22.4 Å². The highest BCUT2D eigenvalue weighted by Crippen LogP contribution is 2.30. The first-order chi connectivity index (χ1) is 7.92. The predicted molar refractivity (Wildman–Crippen MR) is 62.5 cm³/mol. The second-order valence-electron chi connectivity index (χ2n) is 4.79. The number of pyridine rings is 1. The molecule has 0 unspecified atom stereocenters. The van der Waals surface area contributed by atoms with Crippen LogP contribution in [-0.2, 0) is 13.0 Å². The summed E-state index contributed by atoms with van der Waals surface area (Å²) in [4.78, 5) is 4.63. The van der Waals surface area contributed by atoms with Crippen molar-refractivity contribution in [1.29, 1.82) is 0 Å². The van der Waals surface area contributed by atoms with Gasteiger partial charge in [0.1, 0.15) is 6.61 Å². The van der Waals surface area contributed by atoms with Crippen LogP contribution in [-0.4, -0.2) is 18.1 Å². The third-order valence-corrected chi connectivity index (χ3v) is 3.55. The Kier molecular flexibility index (Phi) is 2.79. The van der Waals surface area contributed by atoms with Crippen molar-refractivity contribution in [2.75, 3.05) is 13.2 Å². The molecule has 2 heterocycles. The fourth-order valence-corrected chi connectivity index (χ4v) is 2.32. The topological polar surface area (TPSA) is 34.1 Å². The largest absolute Gasteiger partial charge is 0.476 e. The number of hydrogen-bond donors (Lipinski definition) is 1. The molecule has 1 aliphatic carbocycles. The minimum Gasteiger partial charge on any atom is -0.476 e. The summed E-state index contributed by atoms with van der Waals surface area (Å²) in [5.41, 5.74) is 2.39. The van der Waals surface area contributed by atoms with Gasteiger partial charge in [0.25, 0.3) is 0 Å². The summed E-state index contributed by atoms with van der Waals surface area (Å²) >= 11 is 0. The van der Waals surface area contributed by atoms with Crippen LogP contribution in [0.4, 0.5) is 0 Å². The molecule has 3 nitrogen and oxygen atoms in total. The first-order valence-corrected chi connectivity index (χ1v) is 6.24. The normalized spacial score (nSPS) is 20.5. The summed E-state index contributed by atoms with van der Waals surface area (Å²) in [6.07, 6.45) is 5.28. The van der Waals surface area contributed by atoms with Crippen LogP contribution in [0.15, 0.2) is 12.1 Å². The number of aromatic nitrogens is 1. The monoisotopic (exact) mass is 218 g/mol. The molecule has 0 amide bonds. The van der Waals surface area contributed by atoms with E-state index in [-0.39, 0.29) is 0 Å². The van der Waals surface area contributed by atoms with Gasteiger partial charge in [-0.1, -0.05) is 25.3 Å². The van der Waals surface area contributed by atoms with Gasteiger partial charge < -0.3 is 10.1 Å². The fraction of sp³-hybridized carbons (Fsp3) is 0.615. The van der Waals surface area contributed by atoms with Gasteiger partial charge in [0, 0.05) is 24.3 Å². The van der Waals surface area contributed by atoms with Crippen LogP contribution in [0, 0.1) is 5.92 Å². The van der Waals surface area contributed by atoms with Crippen molar-refractivity contribution in [3.8, 4) is 5.88 Å². The van der Waals surface area contributed by atoms with Crippen LogP contribution in [0.5, 0.6) is 5.88 Å². The van der Waals surface area contributed by atoms with Gasteiger partial charge in [-0.2, -0.15) is 0 Å². The third-order valence-electron chi connectivity index (χ3n) is 3.55. The Morgan fingerprint density at radius 2 is 2.31 bits per heavy atom. The molecule has 0 aromatic carbocycles. The molecule has 0 saturated heterocycles. The van der Waals surface area contributed by atoms with Crippen LogP contribution in [0.2, 0.25) is 0 Å². The van der Waals surface area contributed by atoms with Crippen molar-refractivity contribution < 1.29 is 4.74 Å². The number of ether oxygens (including phenoxy) is 1. The van der Waals surface area contributed by atoms with Gasteiger partial charge in [-0.25, -0.2) is 4.98 Å². The van der Waals surface area contributed by atoms with Crippen molar-refractivity contribution in [3.63, 3.8) is 0 Å². The molecule has 1 saturated carbocycles. The molecule has 86 valence electrons. The van der Waals surface area contributed by atoms with Crippen molar-refractivity contribution in [2.24, 2.45) is 5.92 Å². The van der Waals surface area contributed by atoms with Gasteiger partial charge in [0.15, 0.2) is 0 Å². The van der Waals surface area contributed by atoms with Gasteiger partial charge in [-0.3, -0.25) is 0 Å². The summed E-state index contributed by atoms with van der Waals surface area (Å²) in [7, 11) is 0. The van der Waals surface area contributed by atoms with E-state index in [0.717, 1.165) is 37.9 Å². The molecule has 1 aliphatic heterocycles. The molecule has 0 spiro atoms. The molecule has 16 heavy (non-hydrogen) atoms. The standard InChI is InChI=1S/C13H18N2O/c1-2-10(3-1)8-12-5-4-11-9-14-6-7-16-13(11)15-12/h4-5,10,14H,1-3,6-9H2. The summed E-state index contributed by atoms with van der Waals surface area (Å²) in [6, 6.07) is 4.32. The number of nitrogens with zero attached hydrogens (tertiary/aromatic N) is 1. The molecule has 3 heteroatoms. The quantitative estimate of drug-likeness (QED) is 0.823. The molecule has 1 fully saturated rings. The highest BCUT2D eigenvalue weighted by molar-refractivity contribution is 5.29. The first kappa shape index (κ1) is 10.1. The van der Waals surface area contributed by atoms with E-state index < -0.39 is 0 Å². The number of rotatable bonds is 2. The van der Waals surface area contributed by atoms with Crippen molar-refractivity contribution in [1.82, 2.24) is 10.3 Å². The maximum atomic E-state index is 5.65. The first-order valence-electron chi connectivity index (χ1n) is 6.24. The van der Waals surface area contributed by atoms with Crippen LogP contribution in [0.1, 0.15) is 30.5 Å². The SMILES string of the molecule is c1cc2c(nc1CC1CCC1)OCCNC2. The Hall–Kier alpha value is -1.09. The molecular weight excluding hydrogens is 200 g/mol. The van der Waals surface area contributed by atoms with E-state index >= 15 is 0 Å². The van der Waals surface area contributed by atoms with E-state index in [0.29, 0.717) is 0 Å². The minimum absolute atomic E-state index is 0.729. The smallest absolute Gasteiger partial charge is 0.218 e. The number of hydrogen-bond acceptors (Lipinski definition) is 3. The molecule has 1 N–H and O–H groups in total. The van der Waals surface area contributed by atoms with Crippen molar-refractivity contribution >= 4 is 0 Å². The molecule has 1 aromatic heterocycles. The van der Waals surface area contributed by atoms with E-state index in [1.165, 1.54) is 30.5 Å². The molecular formula is C13H18N2O. The fourth-order valence-electron chi connectivity index (χ4n) is 2.32. The summed E-state index contributed by atoms with van der Waals surface area (Å²) in [5, 5.41) is 3.32. The lowest BCUT2D eigenvalue weighted by Crippen LogP contribution is -2.16. The maximum Gasteiger partial charge on any atom is 0.218 e. The highest BCUT2D eigenvalue weighted by atomic mass is 16.5. The maximum absolute atomic E-state index is 5.65. The van der Waals surface area contributed by atoms with E-state index in [1.54, 1.807) is 0 Å². The summed E-state index contributed by atoms with van der Waals surface area (Å²) in [5.74, 6) is 1.72. The van der Waals surface area contributed by atoms with Gasteiger partial charge >= 0.3 is 0 Å². The molecule has 0 radical (unpaired) electrons. The Morgan fingerprint density at radius 1 is 1.38 bits per heavy atom. The lowest BCUT2D eigenvalue weighted by molar-refractivity contribution is 0.301. The van der Waals surface area contributed by atoms with Crippen LogP contribution in [0.25, 0.3) is 0 Å². The van der Waals surface area contributed by atoms with Crippen molar-refractivity contribution in [3.05, 3.63) is 23.4 Å². The highest BCUT2D eigenvalue weighted by Gasteiger charge is 2.19. The zero-order valence-electron chi connectivity index (χ0n) is 9.54. The van der Waals surface area contributed by atoms with E-state index in [1.807, 2.05) is 0 Å². The predicted octanol–water partition coefficient (Wildman–Crippen LogP) is 1.91. The second kappa shape index (κ2) is 4.42. The zero-order valence-corrected chi connectivity index (χ0v) is 9.54. The summed E-state index contributed by atoms with van der Waals surface area (Å²) in [6.45, 7) is 2.52. The van der Waals surface area contributed by atoms with E-state index in [9.17, 15) is 0 Å². The lowest BCUT2D eigenvalue weighted by Gasteiger charge is -2.24. The van der Waals surface area contributed by atoms with E-state index in [4.69, 9.17) is 4.74 Å². The van der Waals surface area contributed by atoms with Crippen LogP contribution < -0.4 is 10.1 Å². The van der Waals surface area contributed by atoms with Gasteiger partial charge in [-0.15, -0.1) is 0 Å².